The third-order valence-corrected chi connectivity index (χ3v) is 7.13. The lowest BCUT2D eigenvalue weighted by atomic mass is 10.1. The van der Waals surface area contributed by atoms with Gasteiger partial charge in [-0.3, -0.25) is 4.79 Å². The topological polar surface area (TPSA) is 80.5 Å². The number of ether oxygens (including phenoxy) is 1. The van der Waals surface area contributed by atoms with Crippen LogP contribution < -0.4 is 15.8 Å². The number of pyridine rings is 1. The zero-order valence-corrected chi connectivity index (χ0v) is 21.3. The second-order valence-electron chi connectivity index (χ2n) is 7.81. The van der Waals surface area contributed by atoms with Crippen molar-refractivity contribution in [2.45, 2.75) is 46.3 Å². The fourth-order valence-corrected chi connectivity index (χ4v) is 4.96. The number of halogens is 1. The first-order chi connectivity index (χ1) is 15.4. The summed E-state index contributed by atoms with van der Waals surface area (Å²) >= 11 is 4.92. The summed E-state index contributed by atoms with van der Waals surface area (Å²) in [7, 11) is 0. The second-order valence-corrected chi connectivity index (χ2v) is 9.60. The summed E-state index contributed by atoms with van der Waals surface area (Å²) < 4.78 is 7.76. The lowest BCUT2D eigenvalue weighted by molar-refractivity contribution is 0.0939. The smallest absolute Gasteiger partial charge is 0.254 e. The molecule has 1 aromatic carbocycles. The van der Waals surface area contributed by atoms with Gasteiger partial charge in [0.05, 0.1) is 10.3 Å². The van der Waals surface area contributed by atoms with E-state index in [9.17, 15) is 4.79 Å². The zero-order valence-electron chi connectivity index (χ0n) is 18.9. The van der Waals surface area contributed by atoms with Gasteiger partial charge in [-0.1, -0.05) is 29.8 Å². The molecule has 0 spiro atoms. The fourth-order valence-electron chi connectivity index (χ4n) is 3.62. The van der Waals surface area contributed by atoms with E-state index in [0.29, 0.717) is 18.0 Å². The van der Waals surface area contributed by atoms with Crippen LogP contribution in [0, 0.1) is 0 Å². The number of amides is 1. The van der Waals surface area contributed by atoms with Crippen LogP contribution in [0.3, 0.4) is 0 Å². The summed E-state index contributed by atoms with van der Waals surface area (Å²) in [6.45, 7) is 9.92. The van der Waals surface area contributed by atoms with Gasteiger partial charge in [0.1, 0.15) is 18.2 Å². The molecule has 1 atom stereocenters. The molecular formula is C24H31BrN4O2S. The van der Waals surface area contributed by atoms with E-state index in [2.05, 4.69) is 45.0 Å². The van der Waals surface area contributed by atoms with Crippen LogP contribution in [0.5, 0.6) is 5.75 Å². The number of nitrogens with one attached hydrogen (secondary N) is 1. The summed E-state index contributed by atoms with van der Waals surface area (Å²) in [4.78, 5) is 19.7. The van der Waals surface area contributed by atoms with Gasteiger partial charge in [0, 0.05) is 27.7 Å². The van der Waals surface area contributed by atoms with Crippen LogP contribution in [-0.4, -0.2) is 41.5 Å². The van der Waals surface area contributed by atoms with Crippen molar-refractivity contribution in [3.8, 4) is 5.75 Å². The van der Waals surface area contributed by atoms with Crippen molar-refractivity contribution >= 4 is 49.1 Å². The molecule has 1 unspecified atom stereocenters. The molecule has 6 nitrogen and oxygen atoms in total. The summed E-state index contributed by atoms with van der Waals surface area (Å²) in [5.41, 5.74) is 7.67. The van der Waals surface area contributed by atoms with Gasteiger partial charge in [-0.2, -0.15) is 0 Å². The third kappa shape index (κ3) is 6.21. The van der Waals surface area contributed by atoms with Crippen molar-refractivity contribution in [3.05, 3.63) is 51.4 Å². The minimum absolute atomic E-state index is 0.0887. The molecule has 0 aliphatic heterocycles. The maximum absolute atomic E-state index is 13.0. The van der Waals surface area contributed by atoms with E-state index in [4.69, 9.17) is 10.5 Å². The molecule has 0 aliphatic rings. The van der Waals surface area contributed by atoms with Gasteiger partial charge in [0.25, 0.3) is 5.91 Å². The molecule has 32 heavy (non-hydrogen) atoms. The van der Waals surface area contributed by atoms with E-state index in [1.807, 2.05) is 36.6 Å². The molecule has 0 saturated carbocycles. The van der Waals surface area contributed by atoms with Crippen molar-refractivity contribution in [2.75, 3.05) is 25.4 Å². The van der Waals surface area contributed by atoms with E-state index in [1.54, 1.807) is 6.20 Å². The first-order valence-corrected chi connectivity index (χ1v) is 12.7. The molecule has 2 heterocycles. The summed E-state index contributed by atoms with van der Waals surface area (Å²) in [5.74, 6) is 1.08. The minimum atomic E-state index is -0.111. The van der Waals surface area contributed by atoms with Crippen LogP contribution in [-0.2, 0) is 6.61 Å². The van der Waals surface area contributed by atoms with Crippen LogP contribution in [0.15, 0.2) is 40.3 Å². The number of nitrogens with zero attached hydrogens (tertiary/aromatic N) is 2. The molecule has 172 valence electrons. The Morgan fingerprint density at radius 3 is 2.69 bits per heavy atom. The molecule has 0 aliphatic carbocycles. The van der Waals surface area contributed by atoms with E-state index in [1.165, 1.54) is 11.3 Å². The molecule has 3 N–H and O–H groups in total. The van der Waals surface area contributed by atoms with Gasteiger partial charge in [-0.05, 0) is 69.0 Å². The Labute approximate surface area is 202 Å². The Bertz CT molecular complexity index is 1030. The Balaban J connectivity index is 1.67. The second kappa shape index (κ2) is 11.6. The maximum atomic E-state index is 13.0. The lowest BCUT2D eigenvalue weighted by Gasteiger charge is -2.20. The molecule has 0 fully saturated rings. The average Bonchev–Trinajstić information content (AvgIpc) is 3.21. The van der Waals surface area contributed by atoms with E-state index >= 15 is 0 Å². The quantitative estimate of drug-likeness (QED) is 0.352. The van der Waals surface area contributed by atoms with E-state index in [0.717, 1.165) is 58.3 Å². The van der Waals surface area contributed by atoms with Crippen LogP contribution in [0.25, 0.3) is 10.1 Å². The van der Waals surface area contributed by atoms with Gasteiger partial charge in [0.15, 0.2) is 0 Å². The van der Waals surface area contributed by atoms with Crippen LogP contribution in [0.4, 0.5) is 5.82 Å². The van der Waals surface area contributed by atoms with E-state index in [-0.39, 0.29) is 11.9 Å². The van der Waals surface area contributed by atoms with Gasteiger partial charge in [-0.15, -0.1) is 11.3 Å². The van der Waals surface area contributed by atoms with E-state index < -0.39 is 0 Å². The highest BCUT2D eigenvalue weighted by Gasteiger charge is 2.19. The number of nitrogen functional groups attached to an aromatic ring is 1. The molecular weight excluding hydrogens is 488 g/mol. The van der Waals surface area contributed by atoms with Crippen molar-refractivity contribution in [1.82, 2.24) is 15.2 Å². The number of rotatable bonds is 11. The molecule has 3 rings (SSSR count). The highest BCUT2D eigenvalue weighted by molar-refractivity contribution is 9.10. The predicted octanol–water partition coefficient (Wildman–Crippen LogP) is 5.46. The predicted molar refractivity (Wildman–Crippen MR) is 136 cm³/mol. The number of anilines is 1. The van der Waals surface area contributed by atoms with Crippen LogP contribution >= 0.6 is 27.3 Å². The largest absolute Gasteiger partial charge is 0.489 e. The van der Waals surface area contributed by atoms with Gasteiger partial charge >= 0.3 is 0 Å². The number of thiophene rings is 1. The third-order valence-electron chi connectivity index (χ3n) is 5.54. The molecule has 8 heteroatoms. The van der Waals surface area contributed by atoms with Crippen molar-refractivity contribution in [2.24, 2.45) is 0 Å². The van der Waals surface area contributed by atoms with Gasteiger partial charge < -0.3 is 20.7 Å². The average molecular weight is 520 g/mol. The number of aromatic nitrogens is 1. The maximum Gasteiger partial charge on any atom is 0.254 e. The van der Waals surface area contributed by atoms with Crippen molar-refractivity contribution in [3.63, 3.8) is 0 Å². The molecule has 1 amide bonds. The van der Waals surface area contributed by atoms with Gasteiger partial charge in [-0.25, -0.2) is 4.98 Å². The van der Waals surface area contributed by atoms with Crippen molar-refractivity contribution < 1.29 is 9.53 Å². The summed E-state index contributed by atoms with van der Waals surface area (Å²) in [6.07, 6.45) is 3.56. The number of nitrogens with two attached hydrogens (primary N) is 1. The molecule has 0 radical (unpaired) electrons. The standard InChI is InChI=1S/C24H31BrN4O2S/c1-4-29(5-2)12-6-7-16(3)28-24(30)20-13-27-23(26)21-17(15-32-22(20)21)14-31-19-10-8-18(25)9-11-19/h8-11,13,15-16H,4-7,12,14H2,1-3H3,(H2,26,27)(H,28,30). The first-order valence-electron chi connectivity index (χ1n) is 11.0. The monoisotopic (exact) mass is 518 g/mol. The van der Waals surface area contributed by atoms with Crippen LogP contribution in [0.1, 0.15) is 49.5 Å². The number of fused-ring (bicyclic) bond motifs is 1. The van der Waals surface area contributed by atoms with Crippen molar-refractivity contribution in [1.29, 1.82) is 0 Å². The molecule has 3 aromatic rings. The normalized spacial score (nSPS) is 12.3. The molecule has 2 aromatic heterocycles. The minimum Gasteiger partial charge on any atom is -0.489 e. The summed E-state index contributed by atoms with van der Waals surface area (Å²) in [5, 5.41) is 5.91. The Morgan fingerprint density at radius 2 is 2.00 bits per heavy atom. The first kappa shape index (κ1) is 24.5. The van der Waals surface area contributed by atoms with Gasteiger partial charge in [0.2, 0.25) is 0 Å². The Kier molecular flexibility index (Phi) is 8.90. The van der Waals surface area contributed by atoms with Crippen LogP contribution in [0.2, 0.25) is 0 Å². The number of carbonyl (C=O) groups is 1. The highest BCUT2D eigenvalue weighted by atomic mass is 79.9. The molecule has 0 saturated heterocycles. The fraction of sp³-hybridized carbons (Fsp3) is 0.417. The number of benzene rings is 1. The zero-order chi connectivity index (χ0) is 23.1. The Morgan fingerprint density at radius 1 is 1.28 bits per heavy atom. The highest BCUT2D eigenvalue weighted by Crippen LogP contribution is 2.33. The molecule has 0 bridgehead atoms. The SMILES string of the molecule is CCN(CC)CCCC(C)NC(=O)c1cnc(N)c2c(COc3ccc(Br)cc3)csc12. The Hall–Kier alpha value is -2.16. The number of carbonyl (C=O) groups excluding carboxylic acids is 1. The lowest BCUT2D eigenvalue weighted by Crippen LogP contribution is -2.33. The summed E-state index contributed by atoms with van der Waals surface area (Å²) in [6, 6.07) is 7.76. The number of hydrogen-bond donors (Lipinski definition) is 2. The number of hydrogen-bond acceptors (Lipinski definition) is 6.